The Morgan fingerprint density at radius 2 is 1.88 bits per heavy atom. The van der Waals surface area contributed by atoms with Crippen LogP contribution in [0.3, 0.4) is 0 Å². The highest BCUT2D eigenvalue weighted by atomic mass is 16.2. The van der Waals surface area contributed by atoms with Crippen molar-refractivity contribution < 1.29 is 9.59 Å². The zero-order valence-corrected chi connectivity index (χ0v) is 15.4. The molecular formula is C20H24N4O2. The van der Waals surface area contributed by atoms with E-state index < -0.39 is 0 Å². The summed E-state index contributed by atoms with van der Waals surface area (Å²) in [7, 11) is 0. The van der Waals surface area contributed by atoms with Crippen molar-refractivity contribution in [3.63, 3.8) is 0 Å². The smallest absolute Gasteiger partial charge is 0.275 e. The fraction of sp³-hybridized carbons (Fsp3) is 0.400. The third-order valence-corrected chi connectivity index (χ3v) is 4.68. The molecule has 2 heterocycles. The Labute approximate surface area is 153 Å². The van der Waals surface area contributed by atoms with Gasteiger partial charge in [0.25, 0.3) is 11.8 Å². The van der Waals surface area contributed by atoms with Gasteiger partial charge >= 0.3 is 0 Å². The quantitative estimate of drug-likeness (QED) is 0.921. The number of hydrogen-bond acceptors (Lipinski definition) is 4. The van der Waals surface area contributed by atoms with Crippen LogP contribution in [0.5, 0.6) is 0 Å². The summed E-state index contributed by atoms with van der Waals surface area (Å²) in [5.41, 5.74) is 2.33. The Balaban J connectivity index is 1.79. The second-order valence-corrected chi connectivity index (χ2v) is 7.23. The van der Waals surface area contributed by atoms with Gasteiger partial charge in [0.15, 0.2) is 0 Å². The van der Waals surface area contributed by atoms with Crippen LogP contribution in [0.2, 0.25) is 0 Å². The molecule has 2 aromatic rings. The molecule has 0 unspecified atom stereocenters. The van der Waals surface area contributed by atoms with E-state index in [-0.39, 0.29) is 17.5 Å². The van der Waals surface area contributed by atoms with Gasteiger partial charge in [0.1, 0.15) is 5.69 Å². The Hall–Kier alpha value is -2.76. The van der Waals surface area contributed by atoms with Crippen molar-refractivity contribution in [1.29, 1.82) is 0 Å². The molecule has 1 aromatic heterocycles. The number of nitrogens with zero attached hydrogens (tertiary/aromatic N) is 3. The molecule has 1 aliphatic rings. The number of amides is 2. The highest BCUT2D eigenvalue weighted by molar-refractivity contribution is 6.04. The number of nitrogens with one attached hydrogen (secondary N) is 1. The molecule has 6 heteroatoms. The van der Waals surface area contributed by atoms with Crippen molar-refractivity contribution in [3.8, 4) is 0 Å². The maximum absolute atomic E-state index is 12.9. The van der Waals surface area contributed by atoms with Crippen LogP contribution in [0.15, 0.2) is 36.8 Å². The number of carbonyl (C=O) groups is 2. The van der Waals surface area contributed by atoms with E-state index in [1.807, 2.05) is 24.0 Å². The summed E-state index contributed by atoms with van der Waals surface area (Å²) >= 11 is 0. The van der Waals surface area contributed by atoms with E-state index in [1.165, 1.54) is 18.6 Å². The molecule has 2 amide bonds. The van der Waals surface area contributed by atoms with Crippen molar-refractivity contribution in [2.24, 2.45) is 11.8 Å². The van der Waals surface area contributed by atoms with Crippen molar-refractivity contribution in [2.75, 3.05) is 18.4 Å². The number of likely N-dealkylation sites (tertiary alicyclic amines) is 1. The molecule has 2 atom stereocenters. The van der Waals surface area contributed by atoms with Gasteiger partial charge in [-0.1, -0.05) is 19.9 Å². The monoisotopic (exact) mass is 352 g/mol. The van der Waals surface area contributed by atoms with E-state index in [0.717, 1.165) is 25.1 Å². The molecule has 1 N–H and O–H groups in total. The van der Waals surface area contributed by atoms with Gasteiger partial charge in [0.2, 0.25) is 0 Å². The standard InChI is InChI=1S/C20H24N4O2/c1-13-8-14(2)12-24(11-13)20(26)16-5-4-15(3)17(9-16)23-19(25)18-10-21-6-7-22-18/h4-7,9-10,13-14H,8,11-12H2,1-3H3,(H,23,25)/t13-,14-/m1/s1. The highest BCUT2D eigenvalue weighted by Gasteiger charge is 2.26. The third-order valence-electron chi connectivity index (χ3n) is 4.68. The predicted octanol–water partition coefficient (Wildman–Crippen LogP) is 3.16. The molecule has 0 radical (unpaired) electrons. The summed E-state index contributed by atoms with van der Waals surface area (Å²) < 4.78 is 0. The lowest BCUT2D eigenvalue weighted by molar-refractivity contribution is 0.0623. The van der Waals surface area contributed by atoms with E-state index >= 15 is 0 Å². The summed E-state index contributed by atoms with van der Waals surface area (Å²) in [6, 6.07) is 5.42. The minimum Gasteiger partial charge on any atom is -0.338 e. The number of aromatic nitrogens is 2. The molecule has 3 rings (SSSR count). The van der Waals surface area contributed by atoms with Gasteiger partial charge in [0, 0.05) is 36.7 Å². The van der Waals surface area contributed by atoms with Gasteiger partial charge in [0.05, 0.1) is 6.20 Å². The van der Waals surface area contributed by atoms with Crippen LogP contribution >= 0.6 is 0 Å². The summed E-state index contributed by atoms with van der Waals surface area (Å²) in [4.78, 5) is 35.1. The summed E-state index contributed by atoms with van der Waals surface area (Å²) in [5.74, 6) is 0.678. The molecule has 0 bridgehead atoms. The van der Waals surface area contributed by atoms with Crippen molar-refractivity contribution >= 4 is 17.5 Å². The number of piperidine rings is 1. The van der Waals surface area contributed by atoms with Crippen LogP contribution in [0, 0.1) is 18.8 Å². The zero-order valence-electron chi connectivity index (χ0n) is 15.4. The summed E-state index contributed by atoms with van der Waals surface area (Å²) in [6.07, 6.45) is 5.55. The lowest BCUT2D eigenvalue weighted by Crippen LogP contribution is -2.42. The number of carbonyl (C=O) groups excluding carboxylic acids is 2. The number of anilines is 1. The fourth-order valence-electron chi connectivity index (χ4n) is 3.50. The highest BCUT2D eigenvalue weighted by Crippen LogP contribution is 2.24. The SMILES string of the molecule is Cc1ccc(C(=O)N2C[C@H](C)C[C@@H](C)C2)cc1NC(=O)c1cnccn1. The summed E-state index contributed by atoms with van der Waals surface area (Å²) in [5, 5.41) is 2.83. The second kappa shape index (κ2) is 7.64. The molecule has 1 aliphatic heterocycles. The van der Waals surface area contributed by atoms with Gasteiger partial charge < -0.3 is 10.2 Å². The predicted molar refractivity (Wildman–Crippen MR) is 100 cm³/mol. The van der Waals surface area contributed by atoms with Gasteiger partial charge in [-0.25, -0.2) is 4.98 Å². The lowest BCUT2D eigenvalue weighted by atomic mass is 9.91. The molecule has 1 fully saturated rings. The normalized spacial score (nSPS) is 19.9. The number of hydrogen-bond donors (Lipinski definition) is 1. The van der Waals surface area contributed by atoms with Gasteiger partial charge in [-0.3, -0.25) is 14.6 Å². The van der Waals surface area contributed by atoms with Gasteiger partial charge in [-0.15, -0.1) is 0 Å². The number of rotatable bonds is 3. The molecule has 0 spiro atoms. The average molecular weight is 352 g/mol. The first kappa shape index (κ1) is 18.0. The topological polar surface area (TPSA) is 75.2 Å². The van der Waals surface area contributed by atoms with Gasteiger partial charge in [-0.2, -0.15) is 0 Å². The van der Waals surface area contributed by atoms with Crippen LogP contribution in [-0.2, 0) is 0 Å². The van der Waals surface area contributed by atoms with Crippen LogP contribution in [0.1, 0.15) is 46.7 Å². The van der Waals surface area contributed by atoms with Gasteiger partial charge in [-0.05, 0) is 42.9 Å². The number of aryl methyl sites for hydroxylation is 1. The van der Waals surface area contributed by atoms with Crippen molar-refractivity contribution in [2.45, 2.75) is 27.2 Å². The zero-order chi connectivity index (χ0) is 18.7. The largest absolute Gasteiger partial charge is 0.338 e. The molecule has 136 valence electrons. The minimum absolute atomic E-state index is 0.0124. The first-order chi connectivity index (χ1) is 12.4. The van der Waals surface area contributed by atoms with E-state index in [2.05, 4.69) is 29.1 Å². The average Bonchev–Trinajstić information content (AvgIpc) is 2.63. The Kier molecular flexibility index (Phi) is 5.30. The fourth-order valence-corrected chi connectivity index (χ4v) is 3.50. The van der Waals surface area contributed by atoms with Crippen LogP contribution in [-0.4, -0.2) is 39.8 Å². The Bertz CT molecular complexity index is 797. The van der Waals surface area contributed by atoms with Crippen molar-refractivity contribution in [1.82, 2.24) is 14.9 Å². The lowest BCUT2D eigenvalue weighted by Gasteiger charge is -2.35. The molecule has 1 saturated heterocycles. The first-order valence-corrected chi connectivity index (χ1v) is 8.91. The maximum Gasteiger partial charge on any atom is 0.275 e. The molecule has 1 aromatic carbocycles. The molecule has 0 aliphatic carbocycles. The maximum atomic E-state index is 12.9. The Morgan fingerprint density at radius 3 is 2.54 bits per heavy atom. The summed E-state index contributed by atoms with van der Waals surface area (Å²) in [6.45, 7) is 7.80. The van der Waals surface area contributed by atoms with E-state index in [1.54, 1.807) is 6.07 Å². The second-order valence-electron chi connectivity index (χ2n) is 7.23. The molecule has 6 nitrogen and oxygen atoms in total. The number of benzene rings is 1. The third kappa shape index (κ3) is 4.07. The molecular weight excluding hydrogens is 328 g/mol. The minimum atomic E-state index is -0.342. The van der Waals surface area contributed by atoms with Crippen molar-refractivity contribution in [3.05, 3.63) is 53.6 Å². The van der Waals surface area contributed by atoms with Crippen LogP contribution in [0.4, 0.5) is 5.69 Å². The van der Waals surface area contributed by atoms with Crippen LogP contribution < -0.4 is 5.32 Å². The first-order valence-electron chi connectivity index (χ1n) is 8.91. The molecule has 26 heavy (non-hydrogen) atoms. The van der Waals surface area contributed by atoms with E-state index in [4.69, 9.17) is 0 Å². The van der Waals surface area contributed by atoms with Crippen LogP contribution in [0.25, 0.3) is 0 Å². The van der Waals surface area contributed by atoms with E-state index in [9.17, 15) is 9.59 Å². The Morgan fingerprint density at radius 1 is 1.15 bits per heavy atom. The van der Waals surface area contributed by atoms with E-state index in [0.29, 0.717) is 23.1 Å². The molecule has 0 saturated carbocycles.